The van der Waals surface area contributed by atoms with Gasteiger partial charge in [0.1, 0.15) is 11.3 Å². The highest BCUT2D eigenvalue weighted by atomic mass is 16.3. The molecule has 0 amide bonds. The van der Waals surface area contributed by atoms with E-state index in [1.165, 1.54) is 6.20 Å². The van der Waals surface area contributed by atoms with E-state index in [1.54, 1.807) is 24.7 Å². The minimum Gasteiger partial charge on any atom is -0.506 e. The predicted octanol–water partition coefficient (Wildman–Crippen LogP) is 2.66. The molecule has 0 saturated heterocycles. The number of nitrogens with zero attached hydrogens (tertiary/aromatic N) is 5. The van der Waals surface area contributed by atoms with Gasteiger partial charge in [-0.3, -0.25) is 15.1 Å². The molecule has 0 unspecified atom stereocenters. The third-order valence-electron chi connectivity index (χ3n) is 3.93. The van der Waals surface area contributed by atoms with Crippen molar-refractivity contribution in [2.24, 2.45) is 0 Å². The largest absolute Gasteiger partial charge is 0.506 e. The molecule has 3 N–H and O–H groups in total. The lowest BCUT2D eigenvalue weighted by Crippen LogP contribution is -1.87. The van der Waals surface area contributed by atoms with Crippen LogP contribution < -0.4 is 0 Å². The molecular weight excluding hydrogens is 318 g/mol. The zero-order chi connectivity index (χ0) is 16.8. The van der Waals surface area contributed by atoms with E-state index in [0.29, 0.717) is 22.7 Å². The lowest BCUT2D eigenvalue weighted by atomic mass is 10.1. The van der Waals surface area contributed by atoms with Crippen LogP contribution >= 0.6 is 0 Å². The van der Waals surface area contributed by atoms with Gasteiger partial charge in [-0.05, 0) is 24.3 Å². The molecule has 0 aliphatic heterocycles. The molecule has 5 rings (SSSR count). The number of hydrogen-bond donors (Lipinski definition) is 3. The standard InChI is InChI=1S/C17H11N7O/c25-10-5-9(6-19-7-10)11-1-2-13-15(20-11)16(24-23-13)17-21-12-3-4-18-8-14(12)22-17/h1-8,25H,(H,21,22)(H,23,24). The summed E-state index contributed by atoms with van der Waals surface area (Å²) in [4.78, 5) is 20.5. The average Bonchev–Trinajstić information content (AvgIpc) is 3.24. The first-order valence-electron chi connectivity index (χ1n) is 7.57. The van der Waals surface area contributed by atoms with E-state index >= 15 is 0 Å². The normalized spacial score (nSPS) is 11.4. The Bertz CT molecular complexity index is 1190. The zero-order valence-corrected chi connectivity index (χ0v) is 12.8. The van der Waals surface area contributed by atoms with Gasteiger partial charge in [0.15, 0.2) is 11.5 Å². The zero-order valence-electron chi connectivity index (χ0n) is 12.8. The van der Waals surface area contributed by atoms with Gasteiger partial charge in [-0.1, -0.05) is 0 Å². The topological polar surface area (TPSA) is 116 Å². The van der Waals surface area contributed by atoms with Crippen LogP contribution in [-0.4, -0.2) is 40.2 Å². The first-order valence-corrected chi connectivity index (χ1v) is 7.57. The van der Waals surface area contributed by atoms with E-state index in [1.807, 2.05) is 18.2 Å². The van der Waals surface area contributed by atoms with Crippen LogP contribution in [0.25, 0.3) is 44.8 Å². The number of hydrogen-bond acceptors (Lipinski definition) is 6. The Hall–Kier alpha value is -3.81. The maximum absolute atomic E-state index is 9.63. The first-order chi connectivity index (χ1) is 12.3. The molecule has 5 heterocycles. The van der Waals surface area contributed by atoms with Crippen molar-refractivity contribution in [2.45, 2.75) is 0 Å². The van der Waals surface area contributed by atoms with Gasteiger partial charge in [-0.15, -0.1) is 0 Å². The van der Waals surface area contributed by atoms with Crippen LogP contribution in [0, 0.1) is 0 Å². The van der Waals surface area contributed by atoms with E-state index in [9.17, 15) is 5.11 Å². The molecule has 0 aromatic carbocycles. The molecule has 5 aromatic rings. The van der Waals surface area contributed by atoms with Gasteiger partial charge in [0, 0.05) is 18.0 Å². The Labute approximate surface area is 140 Å². The lowest BCUT2D eigenvalue weighted by molar-refractivity contribution is 0.473. The summed E-state index contributed by atoms with van der Waals surface area (Å²) in [5, 5.41) is 16.9. The van der Waals surface area contributed by atoms with Crippen LogP contribution in [-0.2, 0) is 0 Å². The predicted molar refractivity (Wildman–Crippen MR) is 91.7 cm³/mol. The molecule has 0 radical (unpaired) electrons. The van der Waals surface area contributed by atoms with Crippen molar-refractivity contribution in [3.05, 3.63) is 49.1 Å². The van der Waals surface area contributed by atoms with Crippen LogP contribution in [0.15, 0.2) is 49.1 Å². The van der Waals surface area contributed by atoms with Gasteiger partial charge < -0.3 is 10.1 Å². The van der Waals surface area contributed by atoms with Crippen molar-refractivity contribution in [1.29, 1.82) is 0 Å². The number of aromatic hydroxyl groups is 1. The summed E-state index contributed by atoms with van der Waals surface area (Å²) >= 11 is 0. The Morgan fingerprint density at radius 1 is 0.920 bits per heavy atom. The van der Waals surface area contributed by atoms with Gasteiger partial charge in [-0.2, -0.15) is 5.10 Å². The lowest BCUT2D eigenvalue weighted by Gasteiger charge is -2.01. The SMILES string of the molecule is Oc1cncc(-c2ccc3[nH]nc(-c4nc5ccncc5[nH]4)c3n2)c1. The number of nitrogens with one attached hydrogen (secondary N) is 2. The molecule has 0 spiro atoms. The summed E-state index contributed by atoms with van der Waals surface area (Å²) in [5.74, 6) is 0.713. The molecule has 0 fully saturated rings. The van der Waals surface area contributed by atoms with Gasteiger partial charge in [-0.25, -0.2) is 9.97 Å². The van der Waals surface area contributed by atoms with Crippen LogP contribution in [0.5, 0.6) is 5.75 Å². The fourth-order valence-electron chi connectivity index (χ4n) is 2.76. The summed E-state index contributed by atoms with van der Waals surface area (Å²) in [6.45, 7) is 0. The molecule has 0 saturated carbocycles. The molecule has 0 aliphatic carbocycles. The summed E-state index contributed by atoms with van der Waals surface area (Å²) in [6, 6.07) is 7.20. The second-order valence-corrected chi connectivity index (χ2v) is 5.57. The number of pyridine rings is 3. The second kappa shape index (κ2) is 5.10. The van der Waals surface area contributed by atoms with Gasteiger partial charge in [0.2, 0.25) is 0 Å². The van der Waals surface area contributed by atoms with Gasteiger partial charge >= 0.3 is 0 Å². The van der Waals surface area contributed by atoms with Crippen molar-refractivity contribution in [1.82, 2.24) is 35.1 Å². The molecule has 0 atom stereocenters. The molecule has 0 bridgehead atoms. The molecular formula is C17H11N7O. The van der Waals surface area contributed by atoms with E-state index < -0.39 is 0 Å². The maximum atomic E-state index is 9.63. The number of imidazole rings is 1. The summed E-state index contributed by atoms with van der Waals surface area (Å²) in [5.41, 5.74) is 5.18. The number of rotatable bonds is 2. The minimum absolute atomic E-state index is 0.0941. The Morgan fingerprint density at radius 3 is 2.76 bits per heavy atom. The number of aromatic amines is 2. The summed E-state index contributed by atoms with van der Waals surface area (Å²) in [7, 11) is 0. The van der Waals surface area contributed by atoms with E-state index in [4.69, 9.17) is 0 Å². The molecule has 25 heavy (non-hydrogen) atoms. The van der Waals surface area contributed by atoms with E-state index in [-0.39, 0.29) is 5.75 Å². The number of aromatic nitrogens is 7. The molecule has 0 aliphatic rings. The van der Waals surface area contributed by atoms with Crippen molar-refractivity contribution >= 4 is 22.1 Å². The fraction of sp³-hybridized carbons (Fsp3) is 0. The highest BCUT2D eigenvalue weighted by Crippen LogP contribution is 2.28. The Kier molecular flexibility index (Phi) is 2.78. The van der Waals surface area contributed by atoms with Crippen LogP contribution in [0.3, 0.4) is 0 Å². The van der Waals surface area contributed by atoms with Crippen LogP contribution in [0.4, 0.5) is 0 Å². The quantitative estimate of drug-likeness (QED) is 0.458. The van der Waals surface area contributed by atoms with Crippen molar-refractivity contribution in [3.63, 3.8) is 0 Å². The highest BCUT2D eigenvalue weighted by Gasteiger charge is 2.15. The third kappa shape index (κ3) is 2.19. The summed E-state index contributed by atoms with van der Waals surface area (Å²) in [6.07, 6.45) is 6.45. The maximum Gasteiger partial charge on any atom is 0.161 e. The summed E-state index contributed by atoms with van der Waals surface area (Å²) < 4.78 is 0. The Morgan fingerprint density at radius 2 is 1.88 bits per heavy atom. The molecule has 5 aromatic heterocycles. The smallest absolute Gasteiger partial charge is 0.161 e. The van der Waals surface area contributed by atoms with E-state index in [2.05, 4.69) is 35.1 Å². The van der Waals surface area contributed by atoms with E-state index in [0.717, 1.165) is 22.1 Å². The number of fused-ring (bicyclic) bond motifs is 2. The fourth-order valence-corrected chi connectivity index (χ4v) is 2.76. The monoisotopic (exact) mass is 329 g/mol. The van der Waals surface area contributed by atoms with Gasteiger partial charge in [0.05, 0.1) is 34.6 Å². The van der Waals surface area contributed by atoms with Crippen molar-refractivity contribution in [2.75, 3.05) is 0 Å². The van der Waals surface area contributed by atoms with Crippen molar-refractivity contribution in [3.8, 4) is 28.5 Å². The first kappa shape index (κ1) is 13.6. The Balaban J connectivity index is 1.70. The molecule has 120 valence electrons. The van der Waals surface area contributed by atoms with Gasteiger partial charge in [0.25, 0.3) is 0 Å². The molecule has 8 heteroatoms. The minimum atomic E-state index is 0.0941. The second-order valence-electron chi connectivity index (χ2n) is 5.57. The molecule has 8 nitrogen and oxygen atoms in total. The van der Waals surface area contributed by atoms with Crippen molar-refractivity contribution < 1.29 is 5.11 Å². The average molecular weight is 329 g/mol. The number of H-pyrrole nitrogens is 2. The third-order valence-corrected chi connectivity index (χ3v) is 3.93. The van der Waals surface area contributed by atoms with Crippen LogP contribution in [0.1, 0.15) is 0 Å². The highest BCUT2D eigenvalue weighted by molar-refractivity contribution is 5.91. The van der Waals surface area contributed by atoms with Crippen LogP contribution in [0.2, 0.25) is 0 Å².